The monoisotopic (exact) mass is 312 g/mol. The van der Waals surface area contributed by atoms with E-state index < -0.39 is 0 Å². The lowest BCUT2D eigenvalue weighted by Crippen LogP contribution is -2.18. The van der Waals surface area contributed by atoms with Gasteiger partial charge < -0.3 is 10.6 Å². The molecule has 1 aromatic carbocycles. The molecular weight excluding hydrogens is 284 g/mol. The van der Waals surface area contributed by atoms with Gasteiger partial charge in [0.15, 0.2) is 0 Å². The molecule has 1 aromatic heterocycles. The number of anilines is 2. The van der Waals surface area contributed by atoms with Crippen LogP contribution in [0.4, 0.5) is 11.8 Å². The quantitative estimate of drug-likeness (QED) is 0.719. The van der Waals surface area contributed by atoms with Crippen LogP contribution >= 0.6 is 0 Å². The summed E-state index contributed by atoms with van der Waals surface area (Å²) in [7, 11) is 0. The molecule has 0 atom stereocenters. The van der Waals surface area contributed by atoms with Gasteiger partial charge in [-0.2, -0.15) is 4.98 Å². The highest BCUT2D eigenvalue weighted by Crippen LogP contribution is 2.25. The number of unbranched alkanes of at least 4 members (excludes halogenated alkanes) is 1. The van der Waals surface area contributed by atoms with Crippen LogP contribution in [-0.4, -0.2) is 23.1 Å². The van der Waals surface area contributed by atoms with E-state index in [0.29, 0.717) is 0 Å². The second-order valence-electron chi connectivity index (χ2n) is 6.58. The second-order valence-corrected chi connectivity index (χ2v) is 6.58. The molecule has 1 saturated carbocycles. The Morgan fingerprint density at radius 3 is 2.70 bits per heavy atom. The summed E-state index contributed by atoms with van der Waals surface area (Å²) in [5.74, 6) is 2.48. The van der Waals surface area contributed by atoms with Gasteiger partial charge in [0.2, 0.25) is 5.95 Å². The predicted octanol–water partition coefficient (Wildman–Crippen LogP) is 4.83. The fraction of sp³-hybridized carbons (Fsp3) is 0.579. The molecule has 23 heavy (non-hydrogen) atoms. The zero-order chi connectivity index (χ0) is 15.9. The summed E-state index contributed by atoms with van der Waals surface area (Å²) in [6, 6.07) is 8.24. The van der Waals surface area contributed by atoms with Crippen LogP contribution in [0.1, 0.15) is 51.9 Å². The van der Waals surface area contributed by atoms with Crippen LogP contribution < -0.4 is 10.6 Å². The number of nitrogens with one attached hydrogen (secondary N) is 2. The van der Waals surface area contributed by atoms with Crippen LogP contribution in [0.3, 0.4) is 0 Å². The number of hydrogen-bond donors (Lipinski definition) is 2. The molecule has 2 N–H and O–H groups in total. The highest BCUT2D eigenvalue weighted by atomic mass is 15.1. The van der Waals surface area contributed by atoms with E-state index in [4.69, 9.17) is 4.98 Å². The maximum Gasteiger partial charge on any atom is 0.225 e. The van der Waals surface area contributed by atoms with Gasteiger partial charge in [0.25, 0.3) is 0 Å². The van der Waals surface area contributed by atoms with Crippen molar-refractivity contribution >= 4 is 22.7 Å². The Balaban J connectivity index is 1.73. The Morgan fingerprint density at radius 1 is 1.04 bits per heavy atom. The molecule has 0 radical (unpaired) electrons. The summed E-state index contributed by atoms with van der Waals surface area (Å²) in [5.41, 5.74) is 1.01. The molecule has 1 fully saturated rings. The molecule has 2 aromatic rings. The minimum Gasteiger partial charge on any atom is -0.369 e. The predicted molar refractivity (Wildman–Crippen MR) is 98.0 cm³/mol. The molecule has 0 unspecified atom stereocenters. The molecule has 1 heterocycles. The van der Waals surface area contributed by atoms with E-state index in [9.17, 15) is 0 Å². The average Bonchev–Trinajstić information content (AvgIpc) is 2.61. The lowest BCUT2D eigenvalue weighted by Gasteiger charge is -2.22. The molecule has 4 heteroatoms. The van der Waals surface area contributed by atoms with E-state index in [1.807, 2.05) is 12.1 Å². The van der Waals surface area contributed by atoms with Gasteiger partial charge in [-0.05, 0) is 37.3 Å². The van der Waals surface area contributed by atoms with Crippen molar-refractivity contribution in [3.8, 4) is 0 Å². The third-order valence-electron chi connectivity index (χ3n) is 4.70. The number of aromatic nitrogens is 2. The third-order valence-corrected chi connectivity index (χ3v) is 4.70. The van der Waals surface area contributed by atoms with Crippen LogP contribution in [-0.2, 0) is 0 Å². The normalized spacial score (nSPS) is 15.7. The fourth-order valence-electron chi connectivity index (χ4n) is 3.30. The molecule has 1 aliphatic rings. The van der Waals surface area contributed by atoms with Gasteiger partial charge in [-0.3, -0.25) is 0 Å². The van der Waals surface area contributed by atoms with Crippen molar-refractivity contribution in [2.75, 3.05) is 23.7 Å². The molecule has 0 saturated heterocycles. The maximum atomic E-state index is 4.72. The molecule has 124 valence electrons. The van der Waals surface area contributed by atoms with Crippen molar-refractivity contribution in [1.29, 1.82) is 0 Å². The minimum atomic E-state index is 0.758. The molecule has 0 spiro atoms. The number of nitrogens with zero attached hydrogens (tertiary/aromatic N) is 2. The van der Waals surface area contributed by atoms with Gasteiger partial charge in [-0.15, -0.1) is 0 Å². The summed E-state index contributed by atoms with van der Waals surface area (Å²) in [5, 5.41) is 8.05. The van der Waals surface area contributed by atoms with Crippen molar-refractivity contribution in [2.24, 2.45) is 5.92 Å². The van der Waals surface area contributed by atoms with E-state index >= 15 is 0 Å². The first-order chi connectivity index (χ1) is 11.4. The Labute approximate surface area is 139 Å². The first-order valence-electron chi connectivity index (χ1n) is 9.11. The summed E-state index contributed by atoms with van der Waals surface area (Å²) in [4.78, 5) is 9.41. The third kappa shape index (κ3) is 4.34. The standard InChI is InChI=1S/C19H28N4/c1-2-3-13-20-18-16-11-7-8-12-17(16)22-19(23-18)21-14-15-9-5-4-6-10-15/h7-8,11-12,15H,2-6,9-10,13-14H2,1H3,(H2,20,21,22,23). The number of hydrogen-bond acceptors (Lipinski definition) is 4. The lowest BCUT2D eigenvalue weighted by atomic mass is 9.89. The molecule has 0 bridgehead atoms. The van der Waals surface area contributed by atoms with Gasteiger partial charge in [-0.25, -0.2) is 4.98 Å². The number of para-hydroxylation sites is 1. The summed E-state index contributed by atoms with van der Waals surface area (Å²) < 4.78 is 0. The van der Waals surface area contributed by atoms with E-state index in [-0.39, 0.29) is 0 Å². The highest BCUT2D eigenvalue weighted by Gasteiger charge is 2.14. The summed E-state index contributed by atoms with van der Waals surface area (Å²) in [6.45, 7) is 4.16. The van der Waals surface area contributed by atoms with Crippen molar-refractivity contribution < 1.29 is 0 Å². The average molecular weight is 312 g/mol. The van der Waals surface area contributed by atoms with Crippen LogP contribution in [0.25, 0.3) is 10.9 Å². The zero-order valence-electron chi connectivity index (χ0n) is 14.1. The molecule has 4 nitrogen and oxygen atoms in total. The molecular formula is C19H28N4. The molecule has 1 aliphatic carbocycles. The lowest BCUT2D eigenvalue weighted by molar-refractivity contribution is 0.373. The van der Waals surface area contributed by atoms with Gasteiger partial charge in [0.1, 0.15) is 5.82 Å². The van der Waals surface area contributed by atoms with Crippen LogP contribution in [0.5, 0.6) is 0 Å². The van der Waals surface area contributed by atoms with Crippen LogP contribution in [0, 0.1) is 5.92 Å². The molecule has 3 rings (SSSR count). The number of benzene rings is 1. The van der Waals surface area contributed by atoms with Gasteiger partial charge in [0.05, 0.1) is 5.52 Å². The van der Waals surface area contributed by atoms with E-state index in [0.717, 1.165) is 48.1 Å². The largest absolute Gasteiger partial charge is 0.369 e. The summed E-state index contributed by atoms with van der Waals surface area (Å²) >= 11 is 0. The SMILES string of the molecule is CCCCNc1nc(NCC2CCCCC2)nc2ccccc12. The smallest absolute Gasteiger partial charge is 0.225 e. The van der Waals surface area contributed by atoms with Gasteiger partial charge in [-0.1, -0.05) is 44.7 Å². The highest BCUT2D eigenvalue weighted by molar-refractivity contribution is 5.89. The maximum absolute atomic E-state index is 4.72. The van der Waals surface area contributed by atoms with E-state index in [1.165, 1.54) is 38.5 Å². The Morgan fingerprint density at radius 2 is 1.87 bits per heavy atom. The van der Waals surface area contributed by atoms with Crippen molar-refractivity contribution in [1.82, 2.24) is 9.97 Å². The topological polar surface area (TPSA) is 49.8 Å². The number of rotatable bonds is 7. The van der Waals surface area contributed by atoms with Gasteiger partial charge >= 0.3 is 0 Å². The minimum absolute atomic E-state index is 0.758. The summed E-state index contributed by atoms with van der Waals surface area (Å²) in [6.07, 6.45) is 9.15. The second kappa shape index (κ2) is 8.14. The number of fused-ring (bicyclic) bond motifs is 1. The zero-order valence-corrected chi connectivity index (χ0v) is 14.1. The van der Waals surface area contributed by atoms with Crippen molar-refractivity contribution in [3.05, 3.63) is 24.3 Å². The Bertz CT molecular complexity index is 620. The van der Waals surface area contributed by atoms with Crippen LogP contribution in [0.2, 0.25) is 0 Å². The van der Waals surface area contributed by atoms with Crippen LogP contribution in [0.15, 0.2) is 24.3 Å². The van der Waals surface area contributed by atoms with Crippen molar-refractivity contribution in [3.63, 3.8) is 0 Å². The first-order valence-corrected chi connectivity index (χ1v) is 9.11. The Hall–Kier alpha value is -1.84. The van der Waals surface area contributed by atoms with E-state index in [1.54, 1.807) is 0 Å². The molecule has 0 aliphatic heterocycles. The van der Waals surface area contributed by atoms with Gasteiger partial charge in [0, 0.05) is 18.5 Å². The fourth-order valence-corrected chi connectivity index (χ4v) is 3.30. The first kappa shape index (κ1) is 16.0. The Kier molecular flexibility index (Phi) is 5.67. The molecule has 0 amide bonds. The van der Waals surface area contributed by atoms with E-state index in [2.05, 4.69) is 34.7 Å². The van der Waals surface area contributed by atoms with Crippen molar-refractivity contribution in [2.45, 2.75) is 51.9 Å².